The van der Waals surface area contributed by atoms with Crippen molar-refractivity contribution in [3.63, 3.8) is 0 Å². The van der Waals surface area contributed by atoms with Crippen LogP contribution in [-0.4, -0.2) is 29.8 Å². The van der Waals surface area contributed by atoms with Crippen molar-refractivity contribution in [2.75, 3.05) is 13.1 Å². The summed E-state index contributed by atoms with van der Waals surface area (Å²) in [7, 11) is 0. The molecule has 1 fully saturated rings. The van der Waals surface area contributed by atoms with Gasteiger partial charge in [-0.2, -0.15) is 0 Å². The molecule has 2 unspecified atom stereocenters. The largest absolute Gasteiger partial charge is 0.300 e. The molecule has 2 heteroatoms. The standard InChI is InChI=1S/C17H33NO/c1-6-8-12-18(14(3)7-2)13-15-10-9-11-17(4,5)16(15)19/h14-15H,6-13H2,1-5H3. The zero-order valence-corrected chi connectivity index (χ0v) is 13.7. The molecule has 0 radical (unpaired) electrons. The van der Waals surface area contributed by atoms with Crippen LogP contribution in [0, 0.1) is 11.3 Å². The Balaban J connectivity index is 2.64. The van der Waals surface area contributed by atoms with E-state index in [1.54, 1.807) is 0 Å². The Hall–Kier alpha value is -0.370. The van der Waals surface area contributed by atoms with Gasteiger partial charge in [-0.15, -0.1) is 0 Å². The van der Waals surface area contributed by atoms with Crippen molar-refractivity contribution in [3.05, 3.63) is 0 Å². The van der Waals surface area contributed by atoms with E-state index < -0.39 is 0 Å². The minimum Gasteiger partial charge on any atom is -0.300 e. The summed E-state index contributed by atoms with van der Waals surface area (Å²) in [4.78, 5) is 15.1. The number of unbranched alkanes of at least 4 members (excludes halogenated alkanes) is 1. The summed E-state index contributed by atoms with van der Waals surface area (Å²) in [5.41, 5.74) is -0.0885. The predicted octanol–water partition coefficient (Wildman–Crippen LogP) is 4.28. The molecule has 1 aliphatic carbocycles. The van der Waals surface area contributed by atoms with E-state index >= 15 is 0 Å². The fraction of sp³-hybridized carbons (Fsp3) is 0.941. The minimum atomic E-state index is -0.0885. The summed E-state index contributed by atoms with van der Waals surface area (Å²) in [6.45, 7) is 13.2. The average molecular weight is 267 g/mol. The molecule has 0 bridgehead atoms. The molecule has 0 N–H and O–H groups in total. The highest BCUT2D eigenvalue weighted by molar-refractivity contribution is 5.87. The van der Waals surface area contributed by atoms with Gasteiger partial charge in [0.2, 0.25) is 0 Å². The van der Waals surface area contributed by atoms with E-state index in [1.165, 1.54) is 25.7 Å². The number of hydrogen-bond donors (Lipinski definition) is 0. The quantitative estimate of drug-likeness (QED) is 0.686. The summed E-state index contributed by atoms with van der Waals surface area (Å²) >= 11 is 0. The smallest absolute Gasteiger partial charge is 0.142 e. The van der Waals surface area contributed by atoms with Gasteiger partial charge in [-0.3, -0.25) is 9.69 Å². The Morgan fingerprint density at radius 3 is 2.63 bits per heavy atom. The Kier molecular flexibility index (Phi) is 6.52. The van der Waals surface area contributed by atoms with Crippen molar-refractivity contribution in [1.82, 2.24) is 4.90 Å². The molecule has 1 rings (SSSR count). The van der Waals surface area contributed by atoms with Crippen LogP contribution in [-0.2, 0) is 4.79 Å². The second-order valence-electron chi connectivity index (χ2n) is 6.94. The first kappa shape index (κ1) is 16.7. The number of hydrogen-bond acceptors (Lipinski definition) is 2. The zero-order chi connectivity index (χ0) is 14.5. The molecule has 0 heterocycles. The Morgan fingerprint density at radius 2 is 2.05 bits per heavy atom. The molecule has 0 amide bonds. The number of ketones is 1. The van der Waals surface area contributed by atoms with Gasteiger partial charge < -0.3 is 0 Å². The molecular weight excluding hydrogens is 234 g/mol. The van der Waals surface area contributed by atoms with Gasteiger partial charge in [0, 0.05) is 23.9 Å². The fourth-order valence-corrected chi connectivity index (χ4v) is 3.17. The molecule has 0 aromatic rings. The SMILES string of the molecule is CCCCN(CC1CCCC(C)(C)C1=O)C(C)CC. The third-order valence-corrected chi connectivity index (χ3v) is 4.86. The van der Waals surface area contributed by atoms with Gasteiger partial charge in [0.05, 0.1) is 0 Å². The van der Waals surface area contributed by atoms with E-state index in [0.717, 1.165) is 25.9 Å². The van der Waals surface area contributed by atoms with Crippen molar-refractivity contribution >= 4 is 5.78 Å². The fourth-order valence-electron chi connectivity index (χ4n) is 3.17. The monoisotopic (exact) mass is 267 g/mol. The highest BCUT2D eigenvalue weighted by atomic mass is 16.1. The van der Waals surface area contributed by atoms with Gasteiger partial charge in [-0.1, -0.05) is 40.5 Å². The molecule has 0 aliphatic heterocycles. The van der Waals surface area contributed by atoms with Crippen LogP contribution in [0.2, 0.25) is 0 Å². The van der Waals surface area contributed by atoms with Crippen LogP contribution < -0.4 is 0 Å². The molecule has 112 valence electrons. The highest BCUT2D eigenvalue weighted by Gasteiger charge is 2.37. The molecule has 0 saturated heterocycles. The lowest BCUT2D eigenvalue weighted by Gasteiger charge is -2.38. The second kappa shape index (κ2) is 7.42. The summed E-state index contributed by atoms with van der Waals surface area (Å²) in [6.07, 6.45) is 7.03. The molecule has 0 aromatic heterocycles. The molecule has 2 atom stereocenters. The Bertz CT molecular complexity index is 285. The van der Waals surface area contributed by atoms with E-state index in [1.807, 2.05) is 0 Å². The maximum Gasteiger partial charge on any atom is 0.142 e. The van der Waals surface area contributed by atoms with Gasteiger partial charge in [0.15, 0.2) is 0 Å². The van der Waals surface area contributed by atoms with E-state index in [4.69, 9.17) is 0 Å². The number of nitrogens with zero attached hydrogens (tertiary/aromatic N) is 1. The van der Waals surface area contributed by atoms with Crippen LogP contribution in [0.4, 0.5) is 0 Å². The lowest BCUT2D eigenvalue weighted by atomic mass is 9.71. The van der Waals surface area contributed by atoms with Gasteiger partial charge in [0.25, 0.3) is 0 Å². The van der Waals surface area contributed by atoms with Crippen LogP contribution in [0.15, 0.2) is 0 Å². The van der Waals surface area contributed by atoms with Crippen LogP contribution in [0.25, 0.3) is 0 Å². The average Bonchev–Trinajstić information content (AvgIpc) is 2.38. The number of carbonyl (C=O) groups is 1. The minimum absolute atomic E-state index is 0.0885. The first-order chi connectivity index (χ1) is 8.92. The van der Waals surface area contributed by atoms with Gasteiger partial charge in [-0.25, -0.2) is 0 Å². The molecule has 1 saturated carbocycles. The number of Topliss-reactive ketones (excluding diaryl/α,β-unsaturated/α-hetero) is 1. The van der Waals surface area contributed by atoms with Crippen molar-refractivity contribution in [3.8, 4) is 0 Å². The molecule has 19 heavy (non-hydrogen) atoms. The Labute approximate surface area is 119 Å². The van der Waals surface area contributed by atoms with Crippen molar-refractivity contribution in [2.45, 2.75) is 79.2 Å². The first-order valence-corrected chi connectivity index (χ1v) is 8.20. The lowest BCUT2D eigenvalue weighted by Crippen LogP contribution is -2.44. The summed E-state index contributed by atoms with van der Waals surface area (Å²) in [5, 5.41) is 0. The van der Waals surface area contributed by atoms with Crippen molar-refractivity contribution < 1.29 is 4.79 Å². The highest BCUT2D eigenvalue weighted by Crippen LogP contribution is 2.36. The van der Waals surface area contributed by atoms with Crippen LogP contribution in [0.3, 0.4) is 0 Å². The van der Waals surface area contributed by atoms with E-state index in [0.29, 0.717) is 11.8 Å². The number of carbonyl (C=O) groups excluding carboxylic acids is 1. The first-order valence-electron chi connectivity index (χ1n) is 8.20. The third kappa shape index (κ3) is 4.59. The zero-order valence-electron chi connectivity index (χ0n) is 13.7. The van der Waals surface area contributed by atoms with Crippen molar-refractivity contribution in [2.24, 2.45) is 11.3 Å². The number of rotatable bonds is 7. The molecular formula is C17H33NO. The summed E-state index contributed by atoms with van der Waals surface area (Å²) < 4.78 is 0. The van der Waals surface area contributed by atoms with Gasteiger partial charge >= 0.3 is 0 Å². The predicted molar refractivity (Wildman–Crippen MR) is 82.4 cm³/mol. The molecule has 2 nitrogen and oxygen atoms in total. The van der Waals surface area contributed by atoms with Gasteiger partial charge in [-0.05, 0) is 39.2 Å². The van der Waals surface area contributed by atoms with E-state index in [9.17, 15) is 4.79 Å². The third-order valence-electron chi connectivity index (χ3n) is 4.86. The summed E-state index contributed by atoms with van der Waals surface area (Å²) in [6, 6.07) is 0.601. The normalized spacial score (nSPS) is 24.7. The topological polar surface area (TPSA) is 20.3 Å². The van der Waals surface area contributed by atoms with E-state index in [-0.39, 0.29) is 11.3 Å². The Morgan fingerprint density at radius 1 is 1.37 bits per heavy atom. The van der Waals surface area contributed by atoms with E-state index in [2.05, 4.69) is 39.5 Å². The van der Waals surface area contributed by atoms with Crippen LogP contribution in [0.5, 0.6) is 0 Å². The van der Waals surface area contributed by atoms with Crippen molar-refractivity contribution in [1.29, 1.82) is 0 Å². The molecule has 1 aliphatic rings. The molecule has 0 spiro atoms. The maximum atomic E-state index is 12.5. The second-order valence-corrected chi connectivity index (χ2v) is 6.94. The van der Waals surface area contributed by atoms with Gasteiger partial charge in [0.1, 0.15) is 5.78 Å². The molecule has 0 aromatic carbocycles. The maximum absolute atomic E-state index is 12.5. The lowest BCUT2D eigenvalue weighted by molar-refractivity contribution is -0.135. The van der Waals surface area contributed by atoms with Crippen LogP contribution >= 0.6 is 0 Å². The van der Waals surface area contributed by atoms with Crippen LogP contribution in [0.1, 0.15) is 73.1 Å². The summed E-state index contributed by atoms with van der Waals surface area (Å²) in [5.74, 6) is 0.776.